The molecule has 0 fully saturated rings. The minimum absolute atomic E-state index is 0.144. The Morgan fingerprint density at radius 2 is 1.54 bits per heavy atom. The van der Waals surface area contributed by atoms with Crippen LogP contribution in [0.2, 0.25) is 0 Å². The van der Waals surface area contributed by atoms with Gasteiger partial charge in [-0.1, -0.05) is 12.1 Å². The van der Waals surface area contributed by atoms with E-state index in [2.05, 4.69) is 16.0 Å². The number of benzene rings is 2. The molecule has 26 heavy (non-hydrogen) atoms. The van der Waals surface area contributed by atoms with Crippen molar-refractivity contribution in [3.05, 3.63) is 48.5 Å². The second-order valence-corrected chi connectivity index (χ2v) is 5.61. The summed E-state index contributed by atoms with van der Waals surface area (Å²) in [6.07, 6.45) is 0. The van der Waals surface area contributed by atoms with E-state index in [1.54, 1.807) is 42.5 Å². The van der Waals surface area contributed by atoms with E-state index in [0.717, 1.165) is 0 Å². The Bertz CT molecular complexity index is 793. The molecule has 0 unspecified atom stereocenters. The molecular weight excluding hydrogens is 354 g/mol. The summed E-state index contributed by atoms with van der Waals surface area (Å²) in [5.74, 6) is 0.463. The summed E-state index contributed by atoms with van der Waals surface area (Å²) in [6.45, 7) is 1.23. The van der Waals surface area contributed by atoms with Crippen molar-refractivity contribution in [2.75, 3.05) is 24.4 Å². The van der Waals surface area contributed by atoms with Gasteiger partial charge in [-0.3, -0.25) is 14.9 Å². The number of anilines is 2. The molecule has 8 heteroatoms. The maximum Gasteiger partial charge on any atom is 0.264 e. The minimum Gasteiger partial charge on any atom is -0.493 e. The van der Waals surface area contributed by atoms with Crippen LogP contribution in [0.5, 0.6) is 11.5 Å². The average Bonchev–Trinajstić information content (AvgIpc) is 2.61. The van der Waals surface area contributed by atoms with Crippen molar-refractivity contribution in [2.45, 2.75) is 6.92 Å². The Kier molecular flexibility index (Phi) is 6.92. The van der Waals surface area contributed by atoms with Crippen LogP contribution < -0.4 is 25.4 Å². The zero-order valence-electron chi connectivity index (χ0n) is 14.4. The fourth-order valence-corrected chi connectivity index (χ4v) is 2.28. The van der Waals surface area contributed by atoms with Crippen molar-refractivity contribution >= 4 is 40.5 Å². The minimum atomic E-state index is -0.400. The largest absolute Gasteiger partial charge is 0.493 e. The number of para-hydroxylation sites is 2. The van der Waals surface area contributed by atoms with Crippen LogP contribution in [-0.2, 0) is 9.59 Å². The summed E-state index contributed by atoms with van der Waals surface area (Å²) in [5.41, 5.74) is 1.35. The van der Waals surface area contributed by atoms with E-state index in [1.165, 1.54) is 14.0 Å². The van der Waals surface area contributed by atoms with E-state index in [9.17, 15) is 9.59 Å². The topological polar surface area (TPSA) is 88.7 Å². The zero-order chi connectivity index (χ0) is 18.9. The third-order valence-electron chi connectivity index (χ3n) is 3.14. The molecule has 2 amide bonds. The molecule has 0 aliphatic carbocycles. The summed E-state index contributed by atoms with van der Waals surface area (Å²) >= 11 is 5.10. The summed E-state index contributed by atoms with van der Waals surface area (Å²) in [5, 5.41) is 8.22. The molecule has 2 aromatic rings. The third kappa shape index (κ3) is 6.06. The molecule has 2 rings (SSSR count). The molecule has 7 nitrogen and oxygen atoms in total. The van der Waals surface area contributed by atoms with Gasteiger partial charge in [0.15, 0.2) is 23.2 Å². The van der Waals surface area contributed by atoms with E-state index in [0.29, 0.717) is 22.9 Å². The average molecular weight is 373 g/mol. The van der Waals surface area contributed by atoms with Gasteiger partial charge in [0.1, 0.15) is 0 Å². The SMILES string of the molecule is COc1ccccc1OCC(=O)NC(=S)Nc1ccc(NC(C)=O)cc1. The molecule has 0 saturated carbocycles. The lowest BCUT2D eigenvalue weighted by Crippen LogP contribution is -2.37. The quantitative estimate of drug-likeness (QED) is 0.675. The molecule has 0 spiro atoms. The van der Waals surface area contributed by atoms with Crippen molar-refractivity contribution in [1.29, 1.82) is 0 Å². The highest BCUT2D eigenvalue weighted by atomic mass is 32.1. The Morgan fingerprint density at radius 1 is 0.962 bits per heavy atom. The molecule has 3 N–H and O–H groups in total. The first-order valence-electron chi connectivity index (χ1n) is 7.72. The van der Waals surface area contributed by atoms with Crippen molar-refractivity contribution in [3.63, 3.8) is 0 Å². The fourth-order valence-electron chi connectivity index (χ4n) is 2.05. The van der Waals surface area contributed by atoms with E-state index < -0.39 is 5.91 Å². The predicted octanol–water partition coefficient (Wildman–Crippen LogP) is 2.55. The van der Waals surface area contributed by atoms with Gasteiger partial charge in [-0.2, -0.15) is 0 Å². The zero-order valence-corrected chi connectivity index (χ0v) is 15.2. The van der Waals surface area contributed by atoms with Crippen molar-refractivity contribution < 1.29 is 19.1 Å². The molecule has 136 valence electrons. The van der Waals surface area contributed by atoms with E-state index in [4.69, 9.17) is 21.7 Å². The maximum atomic E-state index is 11.9. The predicted molar refractivity (Wildman–Crippen MR) is 104 cm³/mol. The second kappa shape index (κ2) is 9.38. The highest BCUT2D eigenvalue weighted by Gasteiger charge is 2.09. The third-order valence-corrected chi connectivity index (χ3v) is 3.35. The van der Waals surface area contributed by atoms with Crippen LogP contribution in [0, 0.1) is 0 Å². The molecular formula is C18H19N3O4S. The normalized spacial score (nSPS) is 9.77. The van der Waals surface area contributed by atoms with Crippen LogP contribution in [0.25, 0.3) is 0 Å². The first-order chi connectivity index (χ1) is 12.5. The van der Waals surface area contributed by atoms with E-state index in [-0.39, 0.29) is 17.6 Å². The molecule has 0 heterocycles. The summed E-state index contributed by atoms with van der Waals surface area (Å²) < 4.78 is 10.6. The molecule has 0 bridgehead atoms. The lowest BCUT2D eigenvalue weighted by atomic mass is 10.3. The van der Waals surface area contributed by atoms with Gasteiger partial charge in [0.25, 0.3) is 5.91 Å². The van der Waals surface area contributed by atoms with Crippen molar-refractivity contribution in [1.82, 2.24) is 5.32 Å². The Hall–Kier alpha value is -3.13. The van der Waals surface area contributed by atoms with Gasteiger partial charge >= 0.3 is 0 Å². The molecule has 0 aliphatic rings. The lowest BCUT2D eigenvalue weighted by molar-refractivity contribution is -0.121. The number of thiocarbonyl (C=S) groups is 1. The van der Waals surface area contributed by atoms with Gasteiger partial charge in [0.2, 0.25) is 5.91 Å². The summed E-state index contributed by atoms with van der Waals surface area (Å²) in [7, 11) is 1.53. The van der Waals surface area contributed by atoms with Crippen LogP contribution in [0.3, 0.4) is 0 Å². The van der Waals surface area contributed by atoms with Gasteiger partial charge in [0.05, 0.1) is 7.11 Å². The first-order valence-corrected chi connectivity index (χ1v) is 8.13. The lowest BCUT2D eigenvalue weighted by Gasteiger charge is -2.12. The highest BCUT2D eigenvalue weighted by Crippen LogP contribution is 2.25. The summed E-state index contributed by atoms with van der Waals surface area (Å²) in [4.78, 5) is 22.9. The molecule has 0 radical (unpaired) electrons. The molecule has 0 atom stereocenters. The smallest absolute Gasteiger partial charge is 0.264 e. The number of methoxy groups -OCH3 is 1. The number of amides is 2. The summed E-state index contributed by atoms with van der Waals surface area (Å²) in [6, 6.07) is 13.9. The highest BCUT2D eigenvalue weighted by molar-refractivity contribution is 7.80. The number of rotatable bonds is 6. The van der Waals surface area contributed by atoms with Gasteiger partial charge in [-0.25, -0.2) is 0 Å². The molecule has 0 aromatic heterocycles. The number of hydrogen-bond donors (Lipinski definition) is 3. The second-order valence-electron chi connectivity index (χ2n) is 5.20. The van der Waals surface area contributed by atoms with Crippen LogP contribution >= 0.6 is 12.2 Å². The van der Waals surface area contributed by atoms with Crippen molar-refractivity contribution in [3.8, 4) is 11.5 Å². The van der Waals surface area contributed by atoms with Gasteiger partial charge in [-0.15, -0.1) is 0 Å². The van der Waals surface area contributed by atoms with Crippen LogP contribution in [0.1, 0.15) is 6.92 Å². The van der Waals surface area contributed by atoms with Crippen molar-refractivity contribution in [2.24, 2.45) is 0 Å². The van der Waals surface area contributed by atoms with Crippen LogP contribution in [0.4, 0.5) is 11.4 Å². The monoisotopic (exact) mass is 373 g/mol. The number of nitrogens with one attached hydrogen (secondary N) is 3. The van der Waals surface area contributed by atoms with Gasteiger partial charge in [0, 0.05) is 18.3 Å². The number of ether oxygens (including phenoxy) is 2. The fraction of sp³-hybridized carbons (Fsp3) is 0.167. The van der Waals surface area contributed by atoms with Crippen LogP contribution in [0.15, 0.2) is 48.5 Å². The Morgan fingerprint density at radius 3 is 2.12 bits per heavy atom. The Balaban J connectivity index is 1.81. The maximum absolute atomic E-state index is 11.9. The number of hydrogen-bond acceptors (Lipinski definition) is 5. The Labute approximate surface area is 156 Å². The van der Waals surface area contributed by atoms with E-state index >= 15 is 0 Å². The molecule has 0 aliphatic heterocycles. The standard InChI is InChI=1S/C18H19N3O4S/c1-12(22)19-13-7-9-14(10-8-13)20-18(26)21-17(23)11-25-16-6-4-3-5-15(16)24-2/h3-10H,11H2,1-2H3,(H,19,22)(H2,20,21,23,26). The first kappa shape index (κ1) is 19.2. The van der Waals surface area contributed by atoms with E-state index in [1.807, 2.05) is 6.07 Å². The molecule has 0 saturated heterocycles. The van der Waals surface area contributed by atoms with Crippen LogP contribution in [-0.4, -0.2) is 30.6 Å². The molecule has 2 aromatic carbocycles. The number of carbonyl (C=O) groups excluding carboxylic acids is 2. The van der Waals surface area contributed by atoms with Gasteiger partial charge < -0.3 is 20.1 Å². The van der Waals surface area contributed by atoms with Gasteiger partial charge in [-0.05, 0) is 48.6 Å². The number of carbonyl (C=O) groups is 2.